The third-order valence-electron chi connectivity index (χ3n) is 4.84. The van der Waals surface area contributed by atoms with E-state index < -0.39 is 0 Å². The summed E-state index contributed by atoms with van der Waals surface area (Å²) >= 11 is 0. The number of hydrogen-bond acceptors (Lipinski definition) is 5. The second-order valence-electron chi connectivity index (χ2n) is 6.96. The molecule has 0 amide bonds. The molecule has 168 valence electrons. The number of aryl methyl sites for hydroxylation is 2. The second-order valence-corrected chi connectivity index (χ2v) is 6.96. The molecule has 31 heavy (non-hydrogen) atoms. The maximum absolute atomic E-state index is 5.21. The minimum absolute atomic E-state index is 0. The van der Waals surface area contributed by atoms with Gasteiger partial charge < -0.3 is 19.9 Å². The highest BCUT2D eigenvalue weighted by molar-refractivity contribution is 14.0. The van der Waals surface area contributed by atoms with E-state index in [-0.39, 0.29) is 24.0 Å². The van der Waals surface area contributed by atoms with Gasteiger partial charge in [0.1, 0.15) is 18.1 Å². The van der Waals surface area contributed by atoms with Crippen LogP contribution in [0, 0.1) is 6.92 Å². The van der Waals surface area contributed by atoms with Crippen LogP contribution in [0.5, 0.6) is 5.75 Å². The standard InChI is InChI=1S/C21H30N8O.HI/c1-17-26-27-20(28(17)2)16-24-21(22-11-4-14-29-15-5-12-25-29)23-13-10-18-6-8-19(30-3)9-7-18;/h5-9,12,15H,4,10-11,13-14,16H2,1-3H3,(H2,22,23,24);1H. The molecule has 1 aromatic carbocycles. The molecule has 10 heteroatoms. The number of ether oxygens (including phenoxy) is 1. The fourth-order valence-electron chi connectivity index (χ4n) is 2.91. The molecular formula is C21H31IN8O. The van der Waals surface area contributed by atoms with Crippen molar-refractivity contribution in [1.29, 1.82) is 0 Å². The van der Waals surface area contributed by atoms with Crippen LogP contribution in [0.3, 0.4) is 0 Å². The quantitative estimate of drug-likeness (QED) is 0.178. The SMILES string of the molecule is COc1ccc(CCNC(=NCc2nnc(C)n2C)NCCCn2cccn2)cc1.I. The van der Waals surface area contributed by atoms with Crippen LogP contribution in [0.4, 0.5) is 0 Å². The van der Waals surface area contributed by atoms with Crippen LogP contribution in [0.1, 0.15) is 23.6 Å². The number of hydrogen-bond donors (Lipinski definition) is 2. The van der Waals surface area contributed by atoms with E-state index in [0.29, 0.717) is 6.54 Å². The number of nitrogens with zero attached hydrogens (tertiary/aromatic N) is 6. The van der Waals surface area contributed by atoms with Gasteiger partial charge in [-0.3, -0.25) is 4.68 Å². The Balaban J connectivity index is 0.00000341. The van der Waals surface area contributed by atoms with E-state index >= 15 is 0 Å². The molecular weight excluding hydrogens is 507 g/mol. The average molecular weight is 538 g/mol. The van der Waals surface area contributed by atoms with Gasteiger partial charge in [-0.2, -0.15) is 5.10 Å². The zero-order valence-corrected chi connectivity index (χ0v) is 20.6. The van der Waals surface area contributed by atoms with Crippen LogP contribution in [0.15, 0.2) is 47.7 Å². The third kappa shape index (κ3) is 7.85. The van der Waals surface area contributed by atoms with Gasteiger partial charge in [0.15, 0.2) is 11.8 Å². The predicted molar refractivity (Wildman–Crippen MR) is 132 cm³/mol. The Labute approximate surface area is 200 Å². The lowest BCUT2D eigenvalue weighted by molar-refractivity contribution is 0.414. The largest absolute Gasteiger partial charge is 0.497 e. The summed E-state index contributed by atoms with van der Waals surface area (Å²) in [6.45, 7) is 4.83. The van der Waals surface area contributed by atoms with Crippen LogP contribution in [-0.4, -0.2) is 50.7 Å². The lowest BCUT2D eigenvalue weighted by Gasteiger charge is -2.13. The summed E-state index contributed by atoms with van der Waals surface area (Å²) in [6.07, 6.45) is 5.60. The number of halogens is 1. The van der Waals surface area contributed by atoms with Crippen LogP contribution in [0.25, 0.3) is 0 Å². The van der Waals surface area contributed by atoms with Crippen molar-refractivity contribution in [3.8, 4) is 5.75 Å². The van der Waals surface area contributed by atoms with Crippen molar-refractivity contribution in [3.05, 3.63) is 59.9 Å². The van der Waals surface area contributed by atoms with Gasteiger partial charge in [0.05, 0.1) is 7.11 Å². The number of methoxy groups -OCH3 is 1. The molecule has 0 aliphatic heterocycles. The number of benzene rings is 1. The van der Waals surface area contributed by atoms with E-state index in [1.165, 1.54) is 5.56 Å². The lowest BCUT2D eigenvalue weighted by Crippen LogP contribution is -2.39. The van der Waals surface area contributed by atoms with Crippen molar-refractivity contribution >= 4 is 29.9 Å². The summed E-state index contributed by atoms with van der Waals surface area (Å²) in [6, 6.07) is 10.1. The molecule has 0 atom stereocenters. The highest BCUT2D eigenvalue weighted by Gasteiger charge is 2.05. The molecule has 0 saturated carbocycles. The molecule has 3 aromatic rings. The minimum Gasteiger partial charge on any atom is -0.497 e. The first-order valence-electron chi connectivity index (χ1n) is 10.1. The Kier molecular flexibility index (Phi) is 10.3. The molecule has 0 unspecified atom stereocenters. The summed E-state index contributed by atoms with van der Waals surface area (Å²) in [5, 5.41) is 19.3. The summed E-state index contributed by atoms with van der Waals surface area (Å²) in [7, 11) is 3.63. The Morgan fingerprint density at radius 2 is 1.90 bits per heavy atom. The molecule has 0 aliphatic carbocycles. The van der Waals surface area contributed by atoms with Gasteiger partial charge in [0.2, 0.25) is 0 Å². The number of aromatic nitrogens is 5. The summed E-state index contributed by atoms with van der Waals surface area (Å²) in [4.78, 5) is 4.69. The smallest absolute Gasteiger partial charge is 0.191 e. The molecule has 0 fully saturated rings. The Hall–Kier alpha value is -2.63. The Bertz CT molecular complexity index is 922. The van der Waals surface area contributed by atoms with Gasteiger partial charge in [0, 0.05) is 39.1 Å². The van der Waals surface area contributed by atoms with Crippen LogP contribution in [-0.2, 0) is 26.6 Å². The zero-order chi connectivity index (χ0) is 21.2. The van der Waals surface area contributed by atoms with E-state index in [0.717, 1.165) is 55.8 Å². The highest BCUT2D eigenvalue weighted by atomic mass is 127. The van der Waals surface area contributed by atoms with Crippen molar-refractivity contribution in [2.24, 2.45) is 12.0 Å². The highest BCUT2D eigenvalue weighted by Crippen LogP contribution is 2.11. The third-order valence-corrected chi connectivity index (χ3v) is 4.84. The fourth-order valence-corrected chi connectivity index (χ4v) is 2.91. The number of nitrogens with one attached hydrogen (secondary N) is 2. The van der Waals surface area contributed by atoms with Gasteiger partial charge in [-0.05, 0) is 43.5 Å². The van der Waals surface area contributed by atoms with E-state index in [1.807, 2.05) is 47.6 Å². The van der Waals surface area contributed by atoms with Crippen molar-refractivity contribution in [1.82, 2.24) is 35.2 Å². The van der Waals surface area contributed by atoms with Gasteiger partial charge in [-0.15, -0.1) is 34.2 Å². The van der Waals surface area contributed by atoms with E-state index in [1.54, 1.807) is 13.3 Å². The van der Waals surface area contributed by atoms with E-state index in [4.69, 9.17) is 4.74 Å². The van der Waals surface area contributed by atoms with E-state index in [2.05, 4.69) is 43.1 Å². The monoisotopic (exact) mass is 538 g/mol. The van der Waals surface area contributed by atoms with Crippen molar-refractivity contribution < 1.29 is 4.74 Å². The molecule has 0 saturated heterocycles. The van der Waals surface area contributed by atoms with Crippen molar-refractivity contribution in [2.45, 2.75) is 32.9 Å². The van der Waals surface area contributed by atoms with Crippen LogP contribution in [0.2, 0.25) is 0 Å². The van der Waals surface area contributed by atoms with Gasteiger partial charge in [-0.25, -0.2) is 4.99 Å². The first-order valence-corrected chi connectivity index (χ1v) is 10.1. The topological polar surface area (TPSA) is 94.2 Å². The normalized spacial score (nSPS) is 11.1. The maximum atomic E-state index is 5.21. The molecule has 9 nitrogen and oxygen atoms in total. The molecule has 2 heterocycles. The van der Waals surface area contributed by atoms with Crippen LogP contribution < -0.4 is 15.4 Å². The number of rotatable bonds is 10. The van der Waals surface area contributed by atoms with Gasteiger partial charge >= 0.3 is 0 Å². The van der Waals surface area contributed by atoms with Crippen molar-refractivity contribution in [2.75, 3.05) is 20.2 Å². The minimum atomic E-state index is 0. The zero-order valence-electron chi connectivity index (χ0n) is 18.3. The molecule has 0 bridgehead atoms. The molecule has 0 aliphatic rings. The molecule has 2 aromatic heterocycles. The molecule has 0 spiro atoms. The van der Waals surface area contributed by atoms with Crippen molar-refractivity contribution in [3.63, 3.8) is 0 Å². The maximum Gasteiger partial charge on any atom is 0.191 e. The Morgan fingerprint density at radius 3 is 2.55 bits per heavy atom. The molecule has 2 N–H and O–H groups in total. The molecule has 3 rings (SSSR count). The van der Waals surface area contributed by atoms with Crippen LogP contribution >= 0.6 is 24.0 Å². The van der Waals surface area contributed by atoms with Gasteiger partial charge in [0.25, 0.3) is 0 Å². The summed E-state index contributed by atoms with van der Waals surface area (Å²) in [5.74, 6) is 3.35. The first-order chi connectivity index (χ1) is 14.7. The fraction of sp³-hybridized carbons (Fsp3) is 0.429. The summed E-state index contributed by atoms with van der Waals surface area (Å²) < 4.78 is 9.10. The average Bonchev–Trinajstić information content (AvgIpc) is 3.40. The second kappa shape index (κ2) is 12.9. The molecule has 0 radical (unpaired) electrons. The van der Waals surface area contributed by atoms with E-state index in [9.17, 15) is 0 Å². The number of aliphatic imine (C=N–C) groups is 1. The first kappa shape index (κ1) is 24.6. The lowest BCUT2D eigenvalue weighted by atomic mass is 10.1. The van der Waals surface area contributed by atoms with Gasteiger partial charge in [-0.1, -0.05) is 12.1 Å². The predicted octanol–water partition coefficient (Wildman–Crippen LogP) is 2.31. The number of guanidine groups is 1. The summed E-state index contributed by atoms with van der Waals surface area (Å²) in [5.41, 5.74) is 1.24. The Morgan fingerprint density at radius 1 is 1.13 bits per heavy atom.